The van der Waals surface area contributed by atoms with Crippen molar-refractivity contribution in [2.75, 3.05) is 30.4 Å². The molecule has 2 atom stereocenters. The first-order valence-corrected chi connectivity index (χ1v) is 6.56. The number of halogens is 2. The van der Waals surface area contributed by atoms with Gasteiger partial charge in [0.25, 0.3) is 0 Å². The molecule has 2 unspecified atom stereocenters. The van der Waals surface area contributed by atoms with E-state index in [9.17, 15) is 4.39 Å². The topological polar surface area (TPSA) is 58.7 Å². The van der Waals surface area contributed by atoms with Crippen LogP contribution in [0.5, 0.6) is 0 Å². The molecule has 0 aliphatic carbocycles. The van der Waals surface area contributed by atoms with Crippen LogP contribution in [-0.2, 0) is 4.74 Å². The Hall–Kier alpha value is -0.850. The van der Waals surface area contributed by atoms with Gasteiger partial charge in [-0.25, -0.2) is 4.39 Å². The summed E-state index contributed by atoms with van der Waals surface area (Å²) in [4.78, 5) is 2.03. The molecule has 1 aliphatic rings. The number of anilines is 2. The van der Waals surface area contributed by atoms with Gasteiger partial charge in [0.05, 0.1) is 35.2 Å². The largest absolute Gasteiger partial charge is 0.397 e. The van der Waals surface area contributed by atoms with Gasteiger partial charge in [-0.05, 0) is 28.9 Å². The van der Waals surface area contributed by atoms with Gasteiger partial charge in [0, 0.05) is 18.7 Å². The molecule has 6 heteroatoms. The Morgan fingerprint density at radius 3 is 3.00 bits per heavy atom. The van der Waals surface area contributed by atoms with Crippen molar-refractivity contribution in [3.8, 4) is 0 Å². The zero-order valence-corrected chi connectivity index (χ0v) is 11.7. The van der Waals surface area contributed by atoms with Crippen LogP contribution >= 0.6 is 15.9 Å². The Kier molecular flexibility index (Phi) is 4.09. The number of ether oxygens (including phenoxy) is 1. The fraction of sp³-hybridized carbons (Fsp3) is 0.500. The highest BCUT2D eigenvalue weighted by Crippen LogP contribution is 2.32. The molecule has 4 nitrogen and oxygen atoms in total. The standard InChI is InChI=1S/C12H16BrFN2O2/c1-7-6-18-8(5-17)4-16(7)12-2-9(13)10(14)3-11(12)15/h2-3,7-8,17H,4-6,15H2,1H3. The lowest BCUT2D eigenvalue weighted by Gasteiger charge is -2.39. The first-order chi connectivity index (χ1) is 8.52. The van der Waals surface area contributed by atoms with E-state index >= 15 is 0 Å². The van der Waals surface area contributed by atoms with Crippen LogP contribution in [0.4, 0.5) is 15.8 Å². The maximum Gasteiger partial charge on any atom is 0.139 e. The third kappa shape index (κ3) is 2.60. The van der Waals surface area contributed by atoms with Gasteiger partial charge in [-0.15, -0.1) is 0 Å². The van der Waals surface area contributed by atoms with E-state index in [4.69, 9.17) is 15.6 Å². The smallest absolute Gasteiger partial charge is 0.139 e. The second-order valence-corrected chi connectivity index (χ2v) is 5.32. The molecule has 1 aliphatic heterocycles. The van der Waals surface area contributed by atoms with Crippen molar-refractivity contribution in [3.63, 3.8) is 0 Å². The molecule has 0 bridgehead atoms. The number of aliphatic hydroxyl groups excluding tert-OH is 1. The molecule has 0 amide bonds. The first-order valence-electron chi connectivity index (χ1n) is 5.76. The van der Waals surface area contributed by atoms with E-state index in [1.165, 1.54) is 6.07 Å². The number of aliphatic hydroxyl groups is 1. The van der Waals surface area contributed by atoms with Crippen molar-refractivity contribution < 1.29 is 14.2 Å². The summed E-state index contributed by atoms with van der Waals surface area (Å²) >= 11 is 3.16. The van der Waals surface area contributed by atoms with Crippen molar-refractivity contribution >= 4 is 27.3 Å². The SMILES string of the molecule is CC1COC(CO)CN1c1cc(Br)c(F)cc1N. The fourth-order valence-electron chi connectivity index (χ4n) is 2.06. The molecule has 2 rings (SSSR count). The highest BCUT2D eigenvalue weighted by molar-refractivity contribution is 9.10. The number of nitrogen functional groups attached to an aromatic ring is 1. The summed E-state index contributed by atoms with van der Waals surface area (Å²) in [6.45, 7) is 3.02. The summed E-state index contributed by atoms with van der Waals surface area (Å²) in [5.41, 5.74) is 7.02. The summed E-state index contributed by atoms with van der Waals surface area (Å²) in [5.74, 6) is -0.379. The molecule has 0 aromatic heterocycles. The minimum absolute atomic E-state index is 0.0362. The Balaban J connectivity index is 2.31. The van der Waals surface area contributed by atoms with Crippen molar-refractivity contribution in [2.45, 2.75) is 19.1 Å². The molecule has 1 heterocycles. The van der Waals surface area contributed by atoms with Gasteiger partial charge in [-0.1, -0.05) is 0 Å². The lowest BCUT2D eigenvalue weighted by atomic mass is 10.1. The molecule has 3 N–H and O–H groups in total. The van der Waals surface area contributed by atoms with E-state index in [0.717, 1.165) is 5.69 Å². The summed E-state index contributed by atoms with van der Waals surface area (Å²) in [6.07, 6.45) is -0.232. The molecule has 1 saturated heterocycles. The highest BCUT2D eigenvalue weighted by Gasteiger charge is 2.27. The Bertz CT molecular complexity index is 444. The number of morpholine rings is 1. The lowest BCUT2D eigenvalue weighted by Crippen LogP contribution is -2.49. The minimum atomic E-state index is -0.379. The molecule has 100 valence electrons. The van der Waals surface area contributed by atoms with E-state index in [0.29, 0.717) is 23.3 Å². The maximum atomic E-state index is 13.4. The van der Waals surface area contributed by atoms with Crippen molar-refractivity contribution in [2.24, 2.45) is 0 Å². The van der Waals surface area contributed by atoms with E-state index < -0.39 is 0 Å². The first kappa shape index (κ1) is 13.6. The minimum Gasteiger partial charge on any atom is -0.397 e. The zero-order valence-electron chi connectivity index (χ0n) is 10.1. The monoisotopic (exact) mass is 318 g/mol. The summed E-state index contributed by atoms with van der Waals surface area (Å²) in [5, 5.41) is 9.16. The van der Waals surface area contributed by atoms with E-state index in [-0.39, 0.29) is 24.6 Å². The highest BCUT2D eigenvalue weighted by atomic mass is 79.9. The van der Waals surface area contributed by atoms with Crippen molar-refractivity contribution in [1.82, 2.24) is 0 Å². The van der Waals surface area contributed by atoms with Crippen molar-refractivity contribution in [1.29, 1.82) is 0 Å². The van der Waals surface area contributed by atoms with Gasteiger partial charge in [-0.2, -0.15) is 0 Å². The second kappa shape index (κ2) is 5.42. The molecular formula is C12H16BrFN2O2. The van der Waals surface area contributed by atoms with Crippen LogP contribution in [0.1, 0.15) is 6.92 Å². The number of hydrogen-bond donors (Lipinski definition) is 2. The fourth-order valence-corrected chi connectivity index (χ4v) is 2.40. The van der Waals surface area contributed by atoms with E-state index in [2.05, 4.69) is 15.9 Å². The molecule has 1 fully saturated rings. The number of benzene rings is 1. The molecule has 1 aromatic rings. The number of nitrogens with zero attached hydrogens (tertiary/aromatic N) is 1. The van der Waals surface area contributed by atoms with Crippen LogP contribution in [0.3, 0.4) is 0 Å². The van der Waals surface area contributed by atoms with Crippen LogP contribution in [-0.4, -0.2) is 37.0 Å². The predicted molar refractivity (Wildman–Crippen MR) is 72.1 cm³/mol. The number of nitrogens with two attached hydrogens (primary N) is 1. The Morgan fingerprint density at radius 2 is 2.33 bits per heavy atom. The molecule has 1 aromatic carbocycles. The van der Waals surface area contributed by atoms with Gasteiger partial charge in [-0.3, -0.25) is 0 Å². The molecule has 0 spiro atoms. The number of hydrogen-bond acceptors (Lipinski definition) is 4. The molecule has 0 radical (unpaired) electrons. The molecular weight excluding hydrogens is 303 g/mol. The lowest BCUT2D eigenvalue weighted by molar-refractivity contribution is -0.0102. The average Bonchev–Trinajstić information content (AvgIpc) is 2.35. The Labute approximate surface area is 114 Å². The summed E-state index contributed by atoms with van der Waals surface area (Å²) < 4.78 is 19.2. The zero-order chi connectivity index (χ0) is 13.3. The summed E-state index contributed by atoms with van der Waals surface area (Å²) in [6, 6.07) is 3.10. The quantitative estimate of drug-likeness (QED) is 0.816. The van der Waals surface area contributed by atoms with Gasteiger partial charge in [0.2, 0.25) is 0 Å². The van der Waals surface area contributed by atoms with Gasteiger partial charge in [0.1, 0.15) is 5.82 Å². The molecule has 18 heavy (non-hydrogen) atoms. The predicted octanol–water partition coefficient (Wildman–Crippen LogP) is 1.76. The van der Waals surface area contributed by atoms with Crippen LogP contribution in [0.25, 0.3) is 0 Å². The second-order valence-electron chi connectivity index (χ2n) is 4.46. The van der Waals surface area contributed by atoms with Gasteiger partial charge >= 0.3 is 0 Å². The number of rotatable bonds is 2. The maximum absolute atomic E-state index is 13.4. The molecule has 0 saturated carbocycles. The third-order valence-corrected chi connectivity index (χ3v) is 3.70. The van der Waals surface area contributed by atoms with Crippen LogP contribution in [0.15, 0.2) is 16.6 Å². The van der Waals surface area contributed by atoms with E-state index in [1.807, 2.05) is 11.8 Å². The van der Waals surface area contributed by atoms with Crippen LogP contribution in [0.2, 0.25) is 0 Å². The summed E-state index contributed by atoms with van der Waals surface area (Å²) in [7, 11) is 0. The van der Waals surface area contributed by atoms with Crippen LogP contribution < -0.4 is 10.6 Å². The average molecular weight is 319 g/mol. The normalized spacial score (nSPS) is 24.3. The third-order valence-electron chi connectivity index (χ3n) is 3.09. The van der Waals surface area contributed by atoms with E-state index in [1.54, 1.807) is 6.07 Å². The van der Waals surface area contributed by atoms with Crippen LogP contribution in [0, 0.1) is 5.82 Å². The van der Waals surface area contributed by atoms with Gasteiger partial charge in [0.15, 0.2) is 0 Å². The van der Waals surface area contributed by atoms with Gasteiger partial charge < -0.3 is 20.5 Å². The Morgan fingerprint density at radius 1 is 1.61 bits per heavy atom. The van der Waals surface area contributed by atoms with Crippen molar-refractivity contribution in [3.05, 3.63) is 22.4 Å².